The SMILES string of the molecule is CCOC(=O)c1sc(N)c(C(=O)OCC)c1COC(=O)c1ccc[nH]1. The zero-order valence-electron chi connectivity index (χ0n) is 13.8. The number of nitrogens with two attached hydrogens (primary N) is 1. The minimum absolute atomic E-state index is 0.0224. The van der Waals surface area contributed by atoms with E-state index in [1.54, 1.807) is 32.2 Å². The number of ether oxygens (including phenoxy) is 3. The largest absolute Gasteiger partial charge is 0.462 e. The second-order valence-electron chi connectivity index (χ2n) is 4.75. The number of aromatic nitrogens is 1. The van der Waals surface area contributed by atoms with Gasteiger partial charge in [-0.05, 0) is 26.0 Å². The molecule has 0 radical (unpaired) electrons. The first-order chi connectivity index (χ1) is 12.0. The summed E-state index contributed by atoms with van der Waals surface area (Å²) < 4.78 is 15.1. The summed E-state index contributed by atoms with van der Waals surface area (Å²) in [5.41, 5.74) is 6.32. The summed E-state index contributed by atoms with van der Waals surface area (Å²) in [6, 6.07) is 3.19. The number of aromatic amines is 1. The van der Waals surface area contributed by atoms with Crippen molar-refractivity contribution in [3.05, 3.63) is 40.0 Å². The molecule has 9 heteroatoms. The van der Waals surface area contributed by atoms with E-state index in [2.05, 4.69) is 4.98 Å². The van der Waals surface area contributed by atoms with Gasteiger partial charge in [0.15, 0.2) is 0 Å². The van der Waals surface area contributed by atoms with Crippen molar-refractivity contribution in [2.75, 3.05) is 18.9 Å². The first-order valence-corrected chi connectivity index (χ1v) is 8.37. The molecule has 0 amide bonds. The van der Waals surface area contributed by atoms with Crippen LogP contribution in [-0.4, -0.2) is 36.1 Å². The maximum Gasteiger partial charge on any atom is 0.355 e. The number of hydrogen-bond donors (Lipinski definition) is 2. The van der Waals surface area contributed by atoms with Gasteiger partial charge in [-0.2, -0.15) is 0 Å². The predicted molar refractivity (Wildman–Crippen MR) is 90.6 cm³/mol. The van der Waals surface area contributed by atoms with Gasteiger partial charge in [0.05, 0.1) is 13.2 Å². The van der Waals surface area contributed by atoms with Crippen molar-refractivity contribution >= 4 is 34.2 Å². The smallest absolute Gasteiger partial charge is 0.355 e. The van der Waals surface area contributed by atoms with E-state index >= 15 is 0 Å². The minimum Gasteiger partial charge on any atom is -0.462 e. The van der Waals surface area contributed by atoms with Crippen molar-refractivity contribution in [2.45, 2.75) is 20.5 Å². The van der Waals surface area contributed by atoms with Crippen molar-refractivity contribution in [1.29, 1.82) is 0 Å². The highest BCUT2D eigenvalue weighted by Crippen LogP contribution is 2.33. The van der Waals surface area contributed by atoms with Gasteiger partial charge >= 0.3 is 17.9 Å². The summed E-state index contributed by atoms with van der Waals surface area (Å²) in [7, 11) is 0. The monoisotopic (exact) mass is 366 g/mol. The van der Waals surface area contributed by atoms with E-state index in [-0.39, 0.29) is 46.5 Å². The number of hydrogen-bond acceptors (Lipinski definition) is 8. The van der Waals surface area contributed by atoms with E-state index < -0.39 is 17.9 Å². The number of nitrogens with one attached hydrogen (secondary N) is 1. The van der Waals surface area contributed by atoms with Crippen LogP contribution in [0.5, 0.6) is 0 Å². The van der Waals surface area contributed by atoms with Crippen LogP contribution in [0.4, 0.5) is 5.00 Å². The molecule has 25 heavy (non-hydrogen) atoms. The first kappa shape index (κ1) is 18.5. The number of esters is 3. The Bertz CT molecular complexity index is 766. The van der Waals surface area contributed by atoms with Crippen LogP contribution >= 0.6 is 11.3 Å². The van der Waals surface area contributed by atoms with Crippen molar-refractivity contribution in [1.82, 2.24) is 4.98 Å². The van der Waals surface area contributed by atoms with E-state index in [1.165, 1.54) is 0 Å². The number of H-pyrrole nitrogens is 1. The van der Waals surface area contributed by atoms with Crippen LogP contribution in [0, 0.1) is 0 Å². The average Bonchev–Trinajstić information content (AvgIpc) is 3.21. The molecule has 0 bridgehead atoms. The Morgan fingerprint density at radius 1 is 1.08 bits per heavy atom. The van der Waals surface area contributed by atoms with Gasteiger partial charge in [0.2, 0.25) is 0 Å². The molecule has 0 fully saturated rings. The fourth-order valence-corrected chi connectivity index (χ4v) is 3.04. The molecule has 134 valence electrons. The summed E-state index contributed by atoms with van der Waals surface area (Å²) in [4.78, 5) is 39.1. The van der Waals surface area contributed by atoms with Gasteiger partial charge in [0, 0.05) is 11.8 Å². The van der Waals surface area contributed by atoms with Crippen LogP contribution < -0.4 is 5.73 Å². The van der Waals surface area contributed by atoms with Crippen molar-refractivity contribution < 1.29 is 28.6 Å². The summed E-state index contributed by atoms with van der Waals surface area (Å²) >= 11 is 0.896. The van der Waals surface area contributed by atoms with Crippen molar-refractivity contribution in [3.63, 3.8) is 0 Å². The number of carbonyl (C=O) groups is 3. The normalized spacial score (nSPS) is 10.3. The zero-order valence-corrected chi connectivity index (χ0v) is 14.6. The lowest BCUT2D eigenvalue weighted by atomic mass is 10.1. The topological polar surface area (TPSA) is 121 Å². The van der Waals surface area contributed by atoms with Crippen LogP contribution in [0.2, 0.25) is 0 Å². The molecule has 0 aliphatic rings. The van der Waals surface area contributed by atoms with Gasteiger partial charge in [0.25, 0.3) is 0 Å². The van der Waals surface area contributed by atoms with Crippen LogP contribution in [0.1, 0.15) is 49.9 Å². The Hall–Kier alpha value is -2.81. The van der Waals surface area contributed by atoms with E-state index in [4.69, 9.17) is 19.9 Å². The average molecular weight is 366 g/mol. The standard InChI is InChI=1S/C16H18N2O6S/c1-3-22-15(20)11-9(8-24-14(19)10-6-5-7-18-10)12(25-13(11)17)16(21)23-4-2/h5-7,18H,3-4,8,17H2,1-2H3. The van der Waals surface area contributed by atoms with Gasteiger partial charge in [0.1, 0.15) is 27.7 Å². The molecule has 0 unspecified atom stereocenters. The van der Waals surface area contributed by atoms with E-state index in [1.807, 2.05) is 0 Å². The molecule has 2 aromatic rings. The second-order valence-corrected chi connectivity index (χ2v) is 5.80. The maximum atomic E-state index is 12.2. The highest BCUT2D eigenvalue weighted by Gasteiger charge is 2.28. The highest BCUT2D eigenvalue weighted by molar-refractivity contribution is 7.18. The highest BCUT2D eigenvalue weighted by atomic mass is 32.1. The summed E-state index contributed by atoms with van der Waals surface area (Å²) in [6.07, 6.45) is 1.58. The van der Waals surface area contributed by atoms with E-state index in [9.17, 15) is 14.4 Å². The lowest BCUT2D eigenvalue weighted by Crippen LogP contribution is -2.14. The lowest BCUT2D eigenvalue weighted by Gasteiger charge is -2.08. The molecule has 0 spiro atoms. The van der Waals surface area contributed by atoms with Crippen LogP contribution in [0.3, 0.4) is 0 Å². The van der Waals surface area contributed by atoms with Gasteiger partial charge in [-0.1, -0.05) is 0 Å². The molecule has 2 rings (SSSR count). The minimum atomic E-state index is -0.683. The molecule has 0 saturated heterocycles. The number of nitrogen functional groups attached to an aromatic ring is 1. The fourth-order valence-electron chi connectivity index (χ4n) is 2.08. The lowest BCUT2D eigenvalue weighted by molar-refractivity contribution is 0.0433. The van der Waals surface area contributed by atoms with Crippen molar-refractivity contribution in [2.24, 2.45) is 0 Å². The molecular formula is C16H18N2O6S. The van der Waals surface area contributed by atoms with Gasteiger partial charge < -0.3 is 24.9 Å². The Balaban J connectivity index is 2.32. The Labute approximate surface area is 147 Å². The third-order valence-corrected chi connectivity index (χ3v) is 4.18. The number of rotatable bonds is 7. The molecule has 0 aliphatic carbocycles. The number of anilines is 1. The molecule has 0 atom stereocenters. The Kier molecular flexibility index (Phi) is 6.18. The van der Waals surface area contributed by atoms with Gasteiger partial charge in [-0.15, -0.1) is 11.3 Å². The number of thiophene rings is 1. The first-order valence-electron chi connectivity index (χ1n) is 7.55. The molecule has 0 saturated carbocycles. The molecule has 0 aromatic carbocycles. The van der Waals surface area contributed by atoms with Crippen molar-refractivity contribution in [3.8, 4) is 0 Å². The van der Waals surface area contributed by atoms with Gasteiger partial charge in [-0.3, -0.25) is 0 Å². The maximum absolute atomic E-state index is 12.2. The van der Waals surface area contributed by atoms with Gasteiger partial charge in [-0.25, -0.2) is 14.4 Å². The molecule has 8 nitrogen and oxygen atoms in total. The second kappa shape index (κ2) is 8.34. The number of carbonyl (C=O) groups excluding carboxylic acids is 3. The van der Waals surface area contributed by atoms with Crippen LogP contribution in [0.15, 0.2) is 18.3 Å². The fraction of sp³-hybridized carbons (Fsp3) is 0.312. The Morgan fingerprint density at radius 3 is 2.36 bits per heavy atom. The predicted octanol–water partition coefficient (Wildman–Crippen LogP) is 2.37. The molecule has 2 aromatic heterocycles. The third-order valence-electron chi connectivity index (χ3n) is 3.14. The van der Waals surface area contributed by atoms with E-state index in [0.29, 0.717) is 0 Å². The van der Waals surface area contributed by atoms with Crippen LogP contribution in [-0.2, 0) is 20.8 Å². The quantitative estimate of drug-likeness (QED) is 0.570. The molecular weight excluding hydrogens is 348 g/mol. The molecule has 0 aliphatic heterocycles. The third kappa shape index (κ3) is 4.18. The van der Waals surface area contributed by atoms with E-state index in [0.717, 1.165) is 11.3 Å². The summed E-state index contributed by atoms with van der Waals surface area (Å²) in [5.74, 6) is -1.95. The molecule has 3 N–H and O–H groups in total. The molecule has 2 heterocycles. The summed E-state index contributed by atoms with van der Waals surface area (Å²) in [5, 5.41) is 0.104. The zero-order chi connectivity index (χ0) is 18.4. The van der Waals surface area contributed by atoms with Crippen LogP contribution in [0.25, 0.3) is 0 Å². The summed E-state index contributed by atoms with van der Waals surface area (Å²) in [6.45, 7) is 3.30. The Morgan fingerprint density at radius 2 is 1.76 bits per heavy atom.